The largest absolute Gasteiger partial charge is 0.252 e. The number of nitrogens with zero attached hydrogens (tertiary/aromatic N) is 1. The molecule has 1 aromatic heterocycles. The lowest BCUT2D eigenvalue weighted by Gasteiger charge is -2.10. The van der Waals surface area contributed by atoms with Crippen LogP contribution in [0.4, 0.5) is 0 Å². The van der Waals surface area contributed by atoms with Crippen LogP contribution in [0.15, 0.2) is 36.4 Å². The summed E-state index contributed by atoms with van der Waals surface area (Å²) in [6.45, 7) is 6.29. The quantitative estimate of drug-likeness (QED) is 0.526. The molecule has 0 saturated carbocycles. The third-order valence-corrected chi connectivity index (χ3v) is 4.59. The lowest BCUT2D eigenvalue weighted by Crippen LogP contribution is -1.92. The van der Waals surface area contributed by atoms with Gasteiger partial charge in [0.1, 0.15) is 0 Å². The Morgan fingerprint density at radius 2 is 1.52 bits per heavy atom. The first kappa shape index (κ1) is 14.4. The lowest BCUT2D eigenvalue weighted by atomic mass is 10.00. The molecule has 0 unspecified atom stereocenters. The fraction of sp³-hybridized carbons (Fsp3) is 0.167. The van der Waals surface area contributed by atoms with Gasteiger partial charge in [0.25, 0.3) is 0 Å². The molecule has 0 atom stereocenters. The van der Waals surface area contributed by atoms with Crippen LogP contribution in [0.2, 0.25) is 10.0 Å². The van der Waals surface area contributed by atoms with E-state index in [4.69, 9.17) is 28.2 Å². The van der Waals surface area contributed by atoms with Crippen LogP contribution in [0.1, 0.15) is 16.8 Å². The van der Waals surface area contributed by atoms with Gasteiger partial charge >= 0.3 is 0 Å². The molecule has 0 aliphatic rings. The molecule has 1 nitrogen and oxygen atoms in total. The van der Waals surface area contributed by atoms with Gasteiger partial charge in [0.2, 0.25) is 0 Å². The molecular weight excluding hydrogens is 301 g/mol. The number of hydrogen-bond donors (Lipinski definition) is 0. The fourth-order valence-corrected chi connectivity index (χ4v) is 2.79. The van der Waals surface area contributed by atoms with Crippen LogP contribution in [0.3, 0.4) is 0 Å². The van der Waals surface area contributed by atoms with Crippen molar-refractivity contribution in [1.29, 1.82) is 0 Å². The monoisotopic (exact) mass is 315 g/mol. The topological polar surface area (TPSA) is 12.9 Å². The van der Waals surface area contributed by atoms with Crippen LogP contribution < -0.4 is 0 Å². The van der Waals surface area contributed by atoms with Crippen molar-refractivity contribution in [1.82, 2.24) is 4.98 Å². The molecule has 3 heteroatoms. The predicted octanol–water partition coefficient (Wildman–Crippen LogP) is 6.13. The van der Waals surface area contributed by atoms with Crippen LogP contribution in [0.5, 0.6) is 0 Å². The number of fused-ring (bicyclic) bond motifs is 1. The van der Waals surface area contributed by atoms with Crippen LogP contribution in [-0.4, -0.2) is 4.98 Å². The number of rotatable bonds is 1. The second kappa shape index (κ2) is 5.32. The van der Waals surface area contributed by atoms with Gasteiger partial charge < -0.3 is 0 Å². The van der Waals surface area contributed by atoms with Crippen molar-refractivity contribution in [2.24, 2.45) is 0 Å². The van der Waals surface area contributed by atoms with Crippen molar-refractivity contribution >= 4 is 34.0 Å². The highest BCUT2D eigenvalue weighted by Gasteiger charge is 2.08. The standard InChI is InChI=1S/C18H15Cl2N/c1-10-6-14-9-18(13-4-5-16(19)17(20)8-13)21-12(3)15(14)7-11(10)2/h4-9H,1-3H3. The smallest absolute Gasteiger partial charge is 0.0712 e. The number of aryl methyl sites for hydroxylation is 3. The van der Waals surface area contributed by atoms with E-state index in [1.54, 1.807) is 6.07 Å². The Morgan fingerprint density at radius 1 is 0.810 bits per heavy atom. The van der Waals surface area contributed by atoms with Crippen molar-refractivity contribution in [3.05, 3.63) is 63.3 Å². The van der Waals surface area contributed by atoms with Gasteiger partial charge in [-0.3, -0.25) is 4.98 Å². The zero-order chi connectivity index (χ0) is 15.1. The number of hydrogen-bond acceptors (Lipinski definition) is 1. The first-order valence-electron chi connectivity index (χ1n) is 6.80. The SMILES string of the molecule is Cc1cc2cc(-c3ccc(Cl)c(Cl)c3)nc(C)c2cc1C. The van der Waals surface area contributed by atoms with Gasteiger partial charge in [0.15, 0.2) is 0 Å². The van der Waals surface area contributed by atoms with E-state index < -0.39 is 0 Å². The third kappa shape index (κ3) is 2.64. The van der Waals surface area contributed by atoms with Gasteiger partial charge in [-0.05, 0) is 61.5 Å². The van der Waals surface area contributed by atoms with Crippen molar-refractivity contribution in [2.45, 2.75) is 20.8 Å². The summed E-state index contributed by atoms with van der Waals surface area (Å²) in [7, 11) is 0. The average Bonchev–Trinajstić information content (AvgIpc) is 2.44. The van der Waals surface area contributed by atoms with Crippen LogP contribution >= 0.6 is 23.2 Å². The van der Waals surface area contributed by atoms with Crippen molar-refractivity contribution < 1.29 is 0 Å². The van der Waals surface area contributed by atoms with Crippen molar-refractivity contribution in [2.75, 3.05) is 0 Å². The van der Waals surface area contributed by atoms with Crippen LogP contribution in [0, 0.1) is 20.8 Å². The minimum absolute atomic E-state index is 0.550. The lowest BCUT2D eigenvalue weighted by molar-refractivity contribution is 1.23. The highest BCUT2D eigenvalue weighted by Crippen LogP contribution is 2.30. The first-order valence-corrected chi connectivity index (χ1v) is 7.55. The van der Waals surface area contributed by atoms with E-state index >= 15 is 0 Å². The maximum absolute atomic E-state index is 6.11. The molecule has 2 aromatic carbocycles. The third-order valence-electron chi connectivity index (χ3n) is 3.85. The summed E-state index contributed by atoms with van der Waals surface area (Å²) in [6, 6.07) is 12.1. The maximum atomic E-state index is 6.11. The summed E-state index contributed by atoms with van der Waals surface area (Å²) in [4.78, 5) is 4.71. The van der Waals surface area contributed by atoms with E-state index in [2.05, 4.69) is 32.0 Å². The van der Waals surface area contributed by atoms with Gasteiger partial charge in [-0.15, -0.1) is 0 Å². The summed E-state index contributed by atoms with van der Waals surface area (Å²) in [5.74, 6) is 0. The van der Waals surface area contributed by atoms with E-state index in [0.717, 1.165) is 17.0 Å². The normalized spacial score (nSPS) is 11.1. The maximum Gasteiger partial charge on any atom is 0.0712 e. The molecule has 0 saturated heterocycles. The van der Waals surface area contributed by atoms with Crippen molar-refractivity contribution in [3.63, 3.8) is 0 Å². The molecule has 0 aliphatic heterocycles. The van der Waals surface area contributed by atoms with Gasteiger partial charge in [-0.25, -0.2) is 0 Å². The second-order valence-corrected chi connectivity index (χ2v) is 6.19. The molecule has 0 amide bonds. The summed E-state index contributed by atoms with van der Waals surface area (Å²) in [5.41, 5.74) is 5.49. The van der Waals surface area contributed by atoms with Gasteiger partial charge in [-0.1, -0.05) is 35.3 Å². The molecule has 21 heavy (non-hydrogen) atoms. The Balaban J connectivity index is 2.24. The Labute approximate surface area is 134 Å². The summed E-state index contributed by atoms with van der Waals surface area (Å²) in [6.07, 6.45) is 0. The Kier molecular flexibility index (Phi) is 3.64. The molecule has 0 radical (unpaired) electrons. The highest BCUT2D eigenvalue weighted by molar-refractivity contribution is 6.42. The van der Waals surface area contributed by atoms with E-state index in [1.165, 1.54) is 21.9 Å². The number of halogens is 2. The molecule has 1 heterocycles. The molecule has 3 rings (SSSR count). The van der Waals surface area contributed by atoms with Gasteiger partial charge in [0.05, 0.1) is 15.7 Å². The summed E-state index contributed by atoms with van der Waals surface area (Å²) < 4.78 is 0. The average molecular weight is 316 g/mol. The molecule has 0 spiro atoms. The molecule has 0 bridgehead atoms. The molecule has 0 aliphatic carbocycles. The zero-order valence-corrected chi connectivity index (χ0v) is 13.7. The molecule has 0 fully saturated rings. The Bertz CT molecular complexity index is 853. The molecule has 3 aromatic rings. The zero-order valence-electron chi connectivity index (χ0n) is 12.2. The van der Waals surface area contributed by atoms with E-state index in [0.29, 0.717) is 10.0 Å². The predicted molar refractivity (Wildman–Crippen MR) is 91.4 cm³/mol. The van der Waals surface area contributed by atoms with Gasteiger partial charge in [0, 0.05) is 16.6 Å². The molecule has 106 valence electrons. The molecular formula is C18H15Cl2N. The van der Waals surface area contributed by atoms with Gasteiger partial charge in [-0.2, -0.15) is 0 Å². The van der Waals surface area contributed by atoms with Crippen LogP contribution in [0.25, 0.3) is 22.0 Å². The van der Waals surface area contributed by atoms with Crippen molar-refractivity contribution in [3.8, 4) is 11.3 Å². The fourth-order valence-electron chi connectivity index (χ4n) is 2.50. The summed E-state index contributed by atoms with van der Waals surface area (Å²) in [5, 5.41) is 3.51. The number of benzene rings is 2. The second-order valence-electron chi connectivity index (χ2n) is 5.38. The van der Waals surface area contributed by atoms with Crippen LogP contribution in [-0.2, 0) is 0 Å². The Morgan fingerprint density at radius 3 is 2.24 bits per heavy atom. The first-order chi connectivity index (χ1) is 9.95. The highest BCUT2D eigenvalue weighted by atomic mass is 35.5. The van der Waals surface area contributed by atoms with E-state index in [9.17, 15) is 0 Å². The summed E-state index contributed by atoms with van der Waals surface area (Å²) >= 11 is 12.1. The minimum Gasteiger partial charge on any atom is -0.252 e. The van der Waals surface area contributed by atoms with E-state index in [1.807, 2.05) is 19.1 Å². The number of pyridine rings is 1. The minimum atomic E-state index is 0.550. The molecule has 0 N–H and O–H groups in total. The number of aromatic nitrogens is 1. The van der Waals surface area contributed by atoms with E-state index in [-0.39, 0.29) is 0 Å². The Hall–Kier alpha value is -1.57.